The lowest BCUT2D eigenvalue weighted by atomic mass is 9.96. The quantitative estimate of drug-likeness (QED) is 0.940. The monoisotopic (exact) mass is 310 g/mol. The zero-order chi connectivity index (χ0) is 13.7. The Bertz CT molecular complexity index is 756. The van der Waals surface area contributed by atoms with Gasteiger partial charge in [-0.25, -0.2) is 18.1 Å². The molecule has 3 heterocycles. The topological polar surface area (TPSA) is 68.3 Å². The molecule has 106 valence electrons. The first-order valence-electron chi connectivity index (χ1n) is 6.63. The molecule has 4 rings (SSSR count). The van der Waals surface area contributed by atoms with Crippen LogP contribution in [0.5, 0.6) is 0 Å². The van der Waals surface area contributed by atoms with E-state index in [9.17, 15) is 8.42 Å². The highest BCUT2D eigenvalue weighted by molar-refractivity contribution is 7.89. The smallest absolute Gasteiger partial charge is 0.240 e. The minimum absolute atomic E-state index is 0.0434. The molecule has 0 spiro atoms. The van der Waals surface area contributed by atoms with E-state index in [1.807, 2.05) is 0 Å². The van der Waals surface area contributed by atoms with Gasteiger partial charge in [-0.1, -0.05) is 0 Å². The fourth-order valence-corrected chi connectivity index (χ4v) is 5.13. The number of sulfonamides is 1. The second-order valence-electron chi connectivity index (χ2n) is 5.32. The van der Waals surface area contributed by atoms with Crippen molar-refractivity contribution in [3.8, 4) is 0 Å². The number of rotatable bonds is 3. The van der Waals surface area contributed by atoms with Gasteiger partial charge >= 0.3 is 0 Å². The summed E-state index contributed by atoms with van der Waals surface area (Å²) in [6.45, 7) is 0. The summed E-state index contributed by atoms with van der Waals surface area (Å²) in [7, 11) is -3.49. The minimum atomic E-state index is -3.49. The minimum Gasteiger partial charge on any atom is -0.373 e. The maximum Gasteiger partial charge on any atom is 0.240 e. The highest BCUT2D eigenvalue weighted by Gasteiger charge is 2.42. The zero-order valence-corrected chi connectivity index (χ0v) is 12.3. The molecule has 2 bridgehead atoms. The third-order valence-corrected chi connectivity index (χ3v) is 6.30. The van der Waals surface area contributed by atoms with Crippen molar-refractivity contribution in [1.29, 1.82) is 0 Å². The second kappa shape index (κ2) is 4.49. The highest BCUT2D eigenvalue weighted by Crippen LogP contribution is 2.35. The van der Waals surface area contributed by atoms with Crippen molar-refractivity contribution in [2.24, 2.45) is 0 Å². The molecule has 2 saturated heterocycles. The molecule has 2 aliphatic rings. The SMILES string of the molecule is O=S(=O)(NC1CC2CCC1O2)c1ccc2ncsc2c1. The first-order valence-corrected chi connectivity index (χ1v) is 8.99. The Morgan fingerprint density at radius 1 is 1.35 bits per heavy atom. The second-order valence-corrected chi connectivity index (χ2v) is 7.92. The molecule has 2 fully saturated rings. The molecule has 2 aromatic rings. The number of nitrogens with zero attached hydrogens (tertiary/aromatic N) is 1. The van der Waals surface area contributed by atoms with Gasteiger partial charge in [0.25, 0.3) is 0 Å². The van der Waals surface area contributed by atoms with Gasteiger partial charge in [0, 0.05) is 0 Å². The summed E-state index contributed by atoms with van der Waals surface area (Å²) >= 11 is 1.44. The third-order valence-electron chi connectivity index (χ3n) is 4.03. The van der Waals surface area contributed by atoms with E-state index in [0.29, 0.717) is 4.90 Å². The first kappa shape index (κ1) is 12.7. The van der Waals surface area contributed by atoms with E-state index in [-0.39, 0.29) is 18.2 Å². The molecule has 1 N–H and O–H groups in total. The average Bonchev–Trinajstić information content (AvgIpc) is 3.13. The van der Waals surface area contributed by atoms with E-state index in [4.69, 9.17) is 4.74 Å². The van der Waals surface area contributed by atoms with E-state index < -0.39 is 10.0 Å². The number of nitrogens with one attached hydrogen (secondary N) is 1. The van der Waals surface area contributed by atoms with Crippen molar-refractivity contribution in [2.75, 3.05) is 0 Å². The Hall–Kier alpha value is -1.02. The van der Waals surface area contributed by atoms with Crippen molar-refractivity contribution < 1.29 is 13.2 Å². The molecule has 3 atom stereocenters. The van der Waals surface area contributed by atoms with Gasteiger partial charge < -0.3 is 4.74 Å². The molecule has 0 amide bonds. The molecule has 1 aromatic heterocycles. The Labute approximate surface area is 121 Å². The van der Waals surface area contributed by atoms with Gasteiger partial charge in [0.2, 0.25) is 10.0 Å². The van der Waals surface area contributed by atoms with Crippen LogP contribution in [0.15, 0.2) is 28.6 Å². The standard InChI is InChI=1S/C13H14N2O3S2/c16-20(17,15-11-5-8-1-4-12(11)18-8)9-2-3-10-13(6-9)19-7-14-10/h2-3,6-8,11-12,15H,1,4-5H2. The van der Waals surface area contributed by atoms with Gasteiger partial charge in [-0.05, 0) is 37.5 Å². The van der Waals surface area contributed by atoms with Crippen LogP contribution in [0.1, 0.15) is 19.3 Å². The molecular weight excluding hydrogens is 296 g/mol. The number of hydrogen-bond acceptors (Lipinski definition) is 5. The van der Waals surface area contributed by atoms with Gasteiger partial charge in [-0.3, -0.25) is 0 Å². The molecule has 3 unspecified atom stereocenters. The molecule has 1 aromatic carbocycles. The van der Waals surface area contributed by atoms with Crippen LogP contribution in [0.25, 0.3) is 10.2 Å². The van der Waals surface area contributed by atoms with E-state index in [2.05, 4.69) is 9.71 Å². The molecule has 5 nitrogen and oxygen atoms in total. The Kier molecular flexibility index (Phi) is 2.85. The average molecular weight is 310 g/mol. The van der Waals surface area contributed by atoms with Crippen LogP contribution >= 0.6 is 11.3 Å². The summed E-state index contributed by atoms with van der Waals surface area (Å²) < 4.78 is 34.3. The number of thiazole rings is 1. The summed E-state index contributed by atoms with van der Waals surface area (Å²) in [5.74, 6) is 0. The van der Waals surface area contributed by atoms with Gasteiger partial charge in [0.05, 0.1) is 38.9 Å². The largest absolute Gasteiger partial charge is 0.373 e. The van der Waals surface area contributed by atoms with Crippen LogP contribution in [-0.2, 0) is 14.8 Å². The lowest BCUT2D eigenvalue weighted by Crippen LogP contribution is -2.41. The normalized spacial score (nSPS) is 29.3. The third kappa shape index (κ3) is 2.05. The summed E-state index contributed by atoms with van der Waals surface area (Å²) in [5, 5.41) is 0. The predicted octanol–water partition coefficient (Wildman–Crippen LogP) is 1.89. The van der Waals surface area contributed by atoms with Crippen LogP contribution < -0.4 is 4.72 Å². The van der Waals surface area contributed by atoms with E-state index in [1.54, 1.807) is 23.7 Å². The van der Waals surface area contributed by atoms with Gasteiger partial charge in [0.1, 0.15) is 0 Å². The number of ether oxygens (including phenoxy) is 1. The highest BCUT2D eigenvalue weighted by atomic mass is 32.2. The van der Waals surface area contributed by atoms with Gasteiger partial charge in [0.15, 0.2) is 0 Å². The molecule has 0 radical (unpaired) electrons. The van der Waals surface area contributed by atoms with Crippen LogP contribution in [-0.4, -0.2) is 31.7 Å². The summed E-state index contributed by atoms with van der Waals surface area (Å²) in [4.78, 5) is 4.46. The number of hydrogen-bond donors (Lipinski definition) is 1. The number of aromatic nitrogens is 1. The Balaban J connectivity index is 1.62. The van der Waals surface area contributed by atoms with Crippen molar-refractivity contribution in [1.82, 2.24) is 9.71 Å². The van der Waals surface area contributed by atoms with Crippen LogP contribution in [0.3, 0.4) is 0 Å². The lowest BCUT2D eigenvalue weighted by molar-refractivity contribution is 0.0996. The maximum atomic E-state index is 12.4. The fourth-order valence-electron chi connectivity index (χ4n) is 3.03. The number of fused-ring (bicyclic) bond motifs is 3. The molecule has 2 aliphatic heterocycles. The van der Waals surface area contributed by atoms with E-state index >= 15 is 0 Å². The Morgan fingerprint density at radius 2 is 2.25 bits per heavy atom. The predicted molar refractivity (Wildman–Crippen MR) is 76.2 cm³/mol. The molecular formula is C13H14N2O3S2. The van der Waals surface area contributed by atoms with Gasteiger partial charge in [-0.15, -0.1) is 11.3 Å². The van der Waals surface area contributed by atoms with E-state index in [1.165, 1.54) is 11.3 Å². The van der Waals surface area contributed by atoms with Crippen LogP contribution in [0.4, 0.5) is 0 Å². The molecule has 7 heteroatoms. The molecule has 0 saturated carbocycles. The zero-order valence-electron chi connectivity index (χ0n) is 10.7. The first-order chi connectivity index (χ1) is 9.62. The summed E-state index contributed by atoms with van der Waals surface area (Å²) in [6, 6.07) is 4.95. The van der Waals surface area contributed by atoms with Crippen LogP contribution in [0, 0.1) is 0 Å². The molecule has 20 heavy (non-hydrogen) atoms. The Morgan fingerprint density at radius 3 is 3.00 bits per heavy atom. The van der Waals surface area contributed by atoms with Crippen LogP contribution in [0.2, 0.25) is 0 Å². The maximum absolute atomic E-state index is 12.4. The molecule has 0 aliphatic carbocycles. The van der Waals surface area contributed by atoms with Crippen molar-refractivity contribution in [3.63, 3.8) is 0 Å². The van der Waals surface area contributed by atoms with Gasteiger partial charge in [-0.2, -0.15) is 0 Å². The van der Waals surface area contributed by atoms with E-state index in [0.717, 1.165) is 29.5 Å². The fraction of sp³-hybridized carbons (Fsp3) is 0.462. The van der Waals surface area contributed by atoms with Crippen molar-refractivity contribution >= 4 is 31.6 Å². The summed E-state index contributed by atoms with van der Waals surface area (Å²) in [5.41, 5.74) is 2.55. The van der Waals surface area contributed by atoms with Crippen molar-refractivity contribution in [2.45, 2.75) is 42.4 Å². The lowest BCUT2D eigenvalue weighted by Gasteiger charge is -2.19. The number of benzene rings is 1. The summed E-state index contributed by atoms with van der Waals surface area (Å²) in [6.07, 6.45) is 3.06. The van der Waals surface area contributed by atoms with Crippen molar-refractivity contribution in [3.05, 3.63) is 23.7 Å².